The molecule has 18 heavy (non-hydrogen) atoms. The number of oxazole rings is 1. The summed E-state index contributed by atoms with van der Waals surface area (Å²) in [5.74, 6) is 1.20. The van der Waals surface area contributed by atoms with E-state index in [0.717, 1.165) is 11.3 Å². The lowest BCUT2D eigenvalue weighted by molar-refractivity contribution is 0.414. The maximum absolute atomic E-state index is 5.64. The number of pyridine rings is 1. The Labute approximate surface area is 103 Å². The topological polar surface area (TPSA) is 74.2 Å². The fraction of sp³-hybridized carbons (Fsp3) is 0.0769. The van der Waals surface area contributed by atoms with Crippen LogP contribution in [0.3, 0.4) is 0 Å². The molecule has 2 heterocycles. The third kappa shape index (κ3) is 1.75. The quantitative estimate of drug-likeness (QED) is 0.746. The van der Waals surface area contributed by atoms with Crippen LogP contribution in [0.2, 0.25) is 0 Å². The van der Waals surface area contributed by atoms with Gasteiger partial charge in [-0.05, 0) is 24.3 Å². The molecule has 0 bridgehead atoms. The Morgan fingerprint density at radius 1 is 1.22 bits per heavy atom. The van der Waals surface area contributed by atoms with E-state index in [4.69, 9.17) is 14.9 Å². The highest BCUT2D eigenvalue weighted by atomic mass is 16.5. The van der Waals surface area contributed by atoms with Crippen molar-refractivity contribution in [2.75, 3.05) is 12.8 Å². The van der Waals surface area contributed by atoms with Crippen LogP contribution in [0.25, 0.3) is 22.7 Å². The molecule has 0 saturated heterocycles. The zero-order valence-corrected chi connectivity index (χ0v) is 9.75. The predicted molar refractivity (Wildman–Crippen MR) is 68.2 cm³/mol. The number of rotatable bonds is 2. The number of hydrogen-bond acceptors (Lipinski definition) is 5. The fourth-order valence-electron chi connectivity index (χ4n) is 1.67. The maximum Gasteiger partial charge on any atom is 0.246 e. The van der Waals surface area contributed by atoms with Crippen molar-refractivity contribution >= 4 is 16.8 Å². The highest BCUT2D eigenvalue weighted by molar-refractivity contribution is 5.77. The van der Waals surface area contributed by atoms with Gasteiger partial charge in [0.05, 0.1) is 19.0 Å². The molecule has 0 aliphatic carbocycles. The molecule has 0 unspecified atom stereocenters. The van der Waals surface area contributed by atoms with E-state index >= 15 is 0 Å². The summed E-state index contributed by atoms with van der Waals surface area (Å²) in [7, 11) is 1.61. The second-order valence-electron chi connectivity index (χ2n) is 3.83. The van der Waals surface area contributed by atoms with Crippen LogP contribution < -0.4 is 10.5 Å². The maximum atomic E-state index is 5.64. The van der Waals surface area contributed by atoms with Crippen molar-refractivity contribution in [1.82, 2.24) is 9.97 Å². The first kappa shape index (κ1) is 10.6. The Balaban J connectivity index is 2.10. The second kappa shape index (κ2) is 4.03. The molecule has 2 N–H and O–H groups in total. The van der Waals surface area contributed by atoms with Gasteiger partial charge < -0.3 is 14.9 Å². The standard InChI is InChI=1S/C13H11N3O2/c1-17-9-3-5-10-12(6-9)18-13(16-10)11-4-2-8(14)7-15-11/h2-7H,14H2,1H3. The van der Waals surface area contributed by atoms with Gasteiger partial charge in [-0.3, -0.25) is 0 Å². The molecule has 0 atom stereocenters. The summed E-state index contributed by atoms with van der Waals surface area (Å²) < 4.78 is 10.8. The summed E-state index contributed by atoms with van der Waals surface area (Å²) in [5, 5.41) is 0. The van der Waals surface area contributed by atoms with Crippen molar-refractivity contribution in [1.29, 1.82) is 0 Å². The van der Waals surface area contributed by atoms with E-state index in [9.17, 15) is 0 Å². The number of nitrogens with zero attached hydrogens (tertiary/aromatic N) is 2. The Kier molecular flexibility index (Phi) is 2.37. The summed E-state index contributed by atoms with van der Waals surface area (Å²) >= 11 is 0. The van der Waals surface area contributed by atoms with E-state index in [1.54, 1.807) is 31.5 Å². The highest BCUT2D eigenvalue weighted by Crippen LogP contribution is 2.26. The van der Waals surface area contributed by atoms with Gasteiger partial charge in [-0.1, -0.05) is 0 Å². The minimum absolute atomic E-state index is 0.471. The van der Waals surface area contributed by atoms with Gasteiger partial charge >= 0.3 is 0 Å². The van der Waals surface area contributed by atoms with Gasteiger partial charge in [-0.2, -0.15) is 0 Å². The van der Waals surface area contributed by atoms with E-state index < -0.39 is 0 Å². The molecular formula is C13H11N3O2. The molecule has 0 aliphatic rings. The minimum Gasteiger partial charge on any atom is -0.497 e. The second-order valence-corrected chi connectivity index (χ2v) is 3.83. The van der Waals surface area contributed by atoms with Crippen LogP contribution in [0.4, 0.5) is 5.69 Å². The molecule has 0 aliphatic heterocycles. The zero-order chi connectivity index (χ0) is 12.5. The molecule has 0 saturated carbocycles. The smallest absolute Gasteiger partial charge is 0.246 e. The van der Waals surface area contributed by atoms with Crippen molar-refractivity contribution in [3.8, 4) is 17.3 Å². The number of nitrogen functional groups attached to an aromatic ring is 1. The van der Waals surface area contributed by atoms with Crippen molar-refractivity contribution in [3.05, 3.63) is 36.5 Å². The first-order valence-electron chi connectivity index (χ1n) is 5.43. The molecule has 0 spiro atoms. The van der Waals surface area contributed by atoms with Crippen molar-refractivity contribution in [2.24, 2.45) is 0 Å². The third-order valence-corrected chi connectivity index (χ3v) is 2.60. The minimum atomic E-state index is 0.471. The molecule has 5 heteroatoms. The molecule has 3 aromatic rings. The molecule has 0 radical (unpaired) electrons. The summed E-state index contributed by atoms with van der Waals surface area (Å²) in [6, 6.07) is 9.02. The predicted octanol–water partition coefficient (Wildman–Crippen LogP) is 2.48. The number of hydrogen-bond donors (Lipinski definition) is 1. The van der Waals surface area contributed by atoms with Gasteiger partial charge in [0.2, 0.25) is 5.89 Å². The van der Waals surface area contributed by atoms with Gasteiger partial charge in [0, 0.05) is 6.07 Å². The molecule has 3 rings (SSSR count). The summed E-state index contributed by atoms with van der Waals surface area (Å²) in [5.41, 5.74) is 8.29. The Morgan fingerprint density at radius 2 is 2.11 bits per heavy atom. The lowest BCUT2D eigenvalue weighted by Crippen LogP contribution is -1.87. The van der Waals surface area contributed by atoms with Crippen molar-refractivity contribution in [3.63, 3.8) is 0 Å². The van der Waals surface area contributed by atoms with E-state index in [-0.39, 0.29) is 0 Å². The van der Waals surface area contributed by atoms with Crippen LogP contribution >= 0.6 is 0 Å². The number of methoxy groups -OCH3 is 1. The van der Waals surface area contributed by atoms with E-state index in [0.29, 0.717) is 22.9 Å². The number of benzene rings is 1. The molecule has 1 aromatic carbocycles. The van der Waals surface area contributed by atoms with Crippen LogP contribution in [0.5, 0.6) is 5.75 Å². The highest BCUT2D eigenvalue weighted by Gasteiger charge is 2.09. The van der Waals surface area contributed by atoms with E-state index in [2.05, 4.69) is 9.97 Å². The van der Waals surface area contributed by atoms with Gasteiger partial charge in [0.25, 0.3) is 0 Å². The molecular weight excluding hydrogens is 230 g/mol. The largest absolute Gasteiger partial charge is 0.497 e. The number of fused-ring (bicyclic) bond motifs is 1. The van der Waals surface area contributed by atoms with Gasteiger partial charge in [0.15, 0.2) is 5.58 Å². The van der Waals surface area contributed by atoms with E-state index in [1.165, 1.54) is 0 Å². The normalized spacial score (nSPS) is 10.7. The molecule has 0 fully saturated rings. The van der Waals surface area contributed by atoms with Crippen molar-refractivity contribution in [2.45, 2.75) is 0 Å². The first-order valence-corrected chi connectivity index (χ1v) is 5.43. The monoisotopic (exact) mass is 241 g/mol. The van der Waals surface area contributed by atoms with E-state index in [1.807, 2.05) is 12.1 Å². The summed E-state index contributed by atoms with van der Waals surface area (Å²) in [4.78, 5) is 8.54. The van der Waals surface area contributed by atoms with Crippen LogP contribution in [0.15, 0.2) is 40.9 Å². The van der Waals surface area contributed by atoms with Crippen LogP contribution in [-0.2, 0) is 0 Å². The molecule has 2 aromatic heterocycles. The van der Waals surface area contributed by atoms with Gasteiger partial charge in [-0.25, -0.2) is 9.97 Å². The Bertz CT molecular complexity index is 689. The molecule has 0 amide bonds. The number of aromatic nitrogens is 2. The molecule has 90 valence electrons. The third-order valence-electron chi connectivity index (χ3n) is 2.60. The Hall–Kier alpha value is -2.56. The number of anilines is 1. The SMILES string of the molecule is COc1ccc2nc(-c3ccc(N)cn3)oc2c1. The van der Waals surface area contributed by atoms with Gasteiger partial charge in [0.1, 0.15) is 17.0 Å². The summed E-state index contributed by atoms with van der Waals surface area (Å²) in [6.45, 7) is 0. The van der Waals surface area contributed by atoms with Crippen LogP contribution in [0.1, 0.15) is 0 Å². The zero-order valence-electron chi connectivity index (χ0n) is 9.75. The first-order chi connectivity index (χ1) is 8.76. The lowest BCUT2D eigenvalue weighted by Gasteiger charge is -1.96. The Morgan fingerprint density at radius 3 is 2.83 bits per heavy atom. The average Bonchev–Trinajstić information content (AvgIpc) is 2.82. The molecule has 5 nitrogen and oxygen atoms in total. The lowest BCUT2D eigenvalue weighted by atomic mass is 10.3. The number of nitrogens with two attached hydrogens (primary N) is 1. The number of ether oxygens (including phenoxy) is 1. The fourth-order valence-corrected chi connectivity index (χ4v) is 1.67. The summed E-state index contributed by atoms with van der Waals surface area (Å²) in [6.07, 6.45) is 1.57. The van der Waals surface area contributed by atoms with Crippen molar-refractivity contribution < 1.29 is 9.15 Å². The van der Waals surface area contributed by atoms with Gasteiger partial charge in [-0.15, -0.1) is 0 Å². The average molecular weight is 241 g/mol. The van der Waals surface area contributed by atoms with Crippen LogP contribution in [0, 0.1) is 0 Å². The van der Waals surface area contributed by atoms with Crippen LogP contribution in [-0.4, -0.2) is 17.1 Å².